The van der Waals surface area contributed by atoms with Gasteiger partial charge in [-0.2, -0.15) is 21.6 Å². The lowest BCUT2D eigenvalue weighted by Crippen LogP contribution is -2.53. The fourth-order valence-electron chi connectivity index (χ4n) is 8.96. The van der Waals surface area contributed by atoms with Crippen molar-refractivity contribution in [2.24, 2.45) is 45.8 Å². The van der Waals surface area contributed by atoms with Crippen LogP contribution in [0, 0.1) is 45.8 Å². The van der Waals surface area contributed by atoms with E-state index < -0.39 is 62.6 Å². The summed E-state index contributed by atoms with van der Waals surface area (Å²) in [5.74, 6) is 0.973. The van der Waals surface area contributed by atoms with E-state index in [0.29, 0.717) is 19.3 Å². The van der Waals surface area contributed by atoms with Gasteiger partial charge < -0.3 is 19.5 Å². The second kappa shape index (κ2) is 16.4. The summed E-state index contributed by atoms with van der Waals surface area (Å²) in [5, 5.41) is 2.15. The third kappa shape index (κ3) is 10.4. The largest absolute Gasteiger partial charge is 0.459 e. The molecule has 15 heteroatoms. The monoisotopic (exact) mass is 807 g/mol. The molecule has 6 bridgehead atoms. The average Bonchev–Trinajstić information content (AvgIpc) is 3.71. The second-order valence-corrected chi connectivity index (χ2v) is 20.7. The van der Waals surface area contributed by atoms with Gasteiger partial charge in [0.2, 0.25) is 5.91 Å². The minimum atomic E-state index is -4.49. The topological polar surface area (TPSA) is 151 Å². The molecule has 0 aromatic carbocycles. The molecule has 7 aliphatic rings. The van der Waals surface area contributed by atoms with Crippen LogP contribution in [0.5, 0.6) is 0 Å². The molecular weight excluding hydrogens is 743 g/mol. The quantitative estimate of drug-likeness (QED) is 0.127. The number of nitrogens with one attached hydrogen (secondary N) is 1. The van der Waals surface area contributed by atoms with E-state index in [-0.39, 0.29) is 41.3 Å². The lowest BCUT2D eigenvalue weighted by Gasteiger charge is -2.56. The van der Waals surface area contributed by atoms with Gasteiger partial charge >= 0.3 is 24.1 Å². The SMILES string of the molecule is CCC(C)(C)C(=O)NCC(=O)OC1C2CC3C1OS(=O)(=O)C3C2.CCC(C)(C)C(=O)OC(C)C(F)(F)F.CCC(C)(C)C(=O)OC12CC3CC(CC(C3)C1)C2. The molecule has 316 valence electrons. The van der Waals surface area contributed by atoms with E-state index in [2.05, 4.69) is 17.0 Å². The molecule has 7 fully saturated rings. The maximum atomic E-state index is 12.4. The minimum absolute atomic E-state index is 0.0342. The molecule has 1 heterocycles. The van der Waals surface area contributed by atoms with Crippen LogP contribution in [0.1, 0.15) is 140 Å². The van der Waals surface area contributed by atoms with Crippen molar-refractivity contribution in [1.82, 2.24) is 5.32 Å². The molecule has 1 saturated heterocycles. The van der Waals surface area contributed by atoms with Gasteiger partial charge in [-0.25, -0.2) is 0 Å². The number of alkyl halides is 3. The van der Waals surface area contributed by atoms with Gasteiger partial charge in [-0.05, 0) is 123 Å². The van der Waals surface area contributed by atoms with E-state index >= 15 is 0 Å². The molecule has 6 atom stereocenters. The number of rotatable bonds is 11. The van der Waals surface area contributed by atoms with Gasteiger partial charge in [-0.3, -0.25) is 23.4 Å². The van der Waals surface area contributed by atoms with Gasteiger partial charge in [0, 0.05) is 17.3 Å². The summed E-state index contributed by atoms with van der Waals surface area (Å²) in [7, 11) is -3.51. The van der Waals surface area contributed by atoms with E-state index in [1.165, 1.54) is 19.3 Å². The Balaban J connectivity index is 0.000000190. The smallest absolute Gasteiger partial charge is 0.425 e. The lowest BCUT2D eigenvalue weighted by molar-refractivity contribution is -0.221. The molecule has 0 aromatic rings. The molecule has 1 aliphatic heterocycles. The van der Waals surface area contributed by atoms with E-state index in [9.17, 15) is 40.8 Å². The Hall–Kier alpha value is -2.42. The van der Waals surface area contributed by atoms with Crippen LogP contribution in [-0.4, -0.2) is 74.1 Å². The van der Waals surface area contributed by atoms with Crippen molar-refractivity contribution in [1.29, 1.82) is 0 Å². The molecule has 1 amide bonds. The van der Waals surface area contributed by atoms with Crippen LogP contribution in [0.2, 0.25) is 0 Å². The van der Waals surface area contributed by atoms with E-state index in [1.54, 1.807) is 34.6 Å². The Morgan fingerprint density at radius 2 is 1.27 bits per heavy atom. The van der Waals surface area contributed by atoms with Crippen molar-refractivity contribution in [2.45, 2.75) is 175 Å². The van der Waals surface area contributed by atoms with E-state index in [0.717, 1.165) is 56.8 Å². The van der Waals surface area contributed by atoms with Crippen molar-refractivity contribution in [2.75, 3.05) is 6.54 Å². The summed E-state index contributed by atoms with van der Waals surface area (Å²) >= 11 is 0. The van der Waals surface area contributed by atoms with Crippen molar-refractivity contribution >= 4 is 33.9 Å². The van der Waals surface area contributed by atoms with E-state index in [1.807, 2.05) is 20.8 Å². The predicted octanol–water partition coefficient (Wildman–Crippen LogP) is 7.44. The van der Waals surface area contributed by atoms with E-state index in [4.69, 9.17) is 13.7 Å². The Labute approximate surface area is 325 Å². The molecule has 6 saturated carbocycles. The summed E-state index contributed by atoms with van der Waals surface area (Å²) in [6.45, 7) is 17.1. The predicted molar refractivity (Wildman–Crippen MR) is 198 cm³/mol. The minimum Gasteiger partial charge on any atom is -0.459 e. The highest BCUT2D eigenvalue weighted by molar-refractivity contribution is 7.87. The van der Waals surface area contributed by atoms with Gasteiger partial charge in [0.15, 0.2) is 6.10 Å². The molecule has 11 nitrogen and oxygen atoms in total. The Kier molecular flexibility index (Phi) is 13.5. The number of carbonyl (C=O) groups is 4. The molecular formula is C40H64F3NO10S. The van der Waals surface area contributed by atoms with Crippen LogP contribution < -0.4 is 5.32 Å². The molecule has 0 spiro atoms. The first-order valence-corrected chi connectivity index (χ1v) is 21.6. The molecule has 0 aromatic heterocycles. The standard InChI is InChI=1S/C16H26O2.C15H23NO6S.C9H15F3O2/c1-4-15(2,3)14(17)18-16-8-11-5-12(9-16)7-13(6-11)10-16;1-4-15(2,3)14(18)16-7-11(17)21-12-8-5-9-10(6-8)23(19,20)22-13(9)12;1-5-8(3,4)7(13)14-6(2)9(10,11)12/h11-13H,4-10H2,1-3H3;8-10,12-13H,4-7H2,1-3H3,(H,16,18);6H,5H2,1-4H3. The highest BCUT2D eigenvalue weighted by Crippen LogP contribution is 2.58. The summed E-state index contributed by atoms with van der Waals surface area (Å²) in [6.07, 6.45) is 3.21. The average molecular weight is 808 g/mol. The second-order valence-electron chi connectivity index (χ2n) is 18.9. The molecule has 55 heavy (non-hydrogen) atoms. The lowest BCUT2D eigenvalue weighted by atomic mass is 9.54. The number of fused-ring (bicyclic) bond motifs is 1. The van der Waals surface area contributed by atoms with Crippen molar-refractivity contribution in [3.63, 3.8) is 0 Å². The van der Waals surface area contributed by atoms with Crippen LogP contribution in [0.4, 0.5) is 13.2 Å². The third-order valence-corrected chi connectivity index (χ3v) is 15.3. The first kappa shape index (κ1) is 45.3. The van der Waals surface area contributed by atoms with Crippen LogP contribution in [0.15, 0.2) is 0 Å². The number of ether oxygens (including phenoxy) is 3. The van der Waals surface area contributed by atoms with Crippen LogP contribution >= 0.6 is 0 Å². The number of amides is 1. The summed E-state index contributed by atoms with van der Waals surface area (Å²) in [6, 6.07) is 0. The summed E-state index contributed by atoms with van der Waals surface area (Å²) in [5.41, 5.74) is -1.79. The van der Waals surface area contributed by atoms with Gasteiger partial charge in [0.1, 0.15) is 24.4 Å². The fourth-order valence-corrected chi connectivity index (χ4v) is 10.8. The third-order valence-electron chi connectivity index (χ3n) is 13.5. The maximum absolute atomic E-state index is 12.4. The van der Waals surface area contributed by atoms with Crippen LogP contribution in [0.25, 0.3) is 0 Å². The Morgan fingerprint density at radius 1 is 0.782 bits per heavy atom. The molecule has 0 radical (unpaired) electrons. The zero-order valence-electron chi connectivity index (χ0n) is 34.3. The van der Waals surface area contributed by atoms with Crippen molar-refractivity contribution in [3.8, 4) is 0 Å². The highest BCUT2D eigenvalue weighted by atomic mass is 32.2. The molecule has 7 rings (SSSR count). The zero-order valence-corrected chi connectivity index (χ0v) is 35.1. The number of carbonyl (C=O) groups excluding carboxylic acids is 4. The highest BCUT2D eigenvalue weighted by Gasteiger charge is 2.65. The molecule has 1 N–H and O–H groups in total. The van der Waals surface area contributed by atoms with Gasteiger partial charge in [-0.1, -0.05) is 34.6 Å². The first-order valence-electron chi connectivity index (χ1n) is 20.1. The number of halogens is 3. The Bertz CT molecular complexity index is 1510. The molecule has 6 aliphatic carbocycles. The van der Waals surface area contributed by atoms with Gasteiger partial charge in [0.05, 0.1) is 16.1 Å². The van der Waals surface area contributed by atoms with Crippen molar-refractivity contribution in [3.05, 3.63) is 0 Å². The number of hydrogen-bond acceptors (Lipinski definition) is 10. The first-order chi connectivity index (χ1) is 25.2. The van der Waals surface area contributed by atoms with Crippen molar-refractivity contribution < 1.29 is 59.2 Å². The number of esters is 3. The number of hydrogen-bond donors (Lipinski definition) is 1. The summed E-state index contributed by atoms with van der Waals surface area (Å²) in [4.78, 5) is 47.5. The van der Waals surface area contributed by atoms with Crippen LogP contribution in [0.3, 0.4) is 0 Å². The fraction of sp³-hybridized carbons (Fsp3) is 0.900. The Morgan fingerprint density at radius 3 is 1.75 bits per heavy atom. The van der Waals surface area contributed by atoms with Gasteiger partial charge in [-0.15, -0.1) is 0 Å². The normalized spacial score (nSPS) is 33.0. The molecule has 6 unspecified atom stereocenters. The summed E-state index contributed by atoms with van der Waals surface area (Å²) < 4.78 is 80.7. The zero-order chi connectivity index (χ0) is 41.5. The maximum Gasteiger partial charge on any atom is 0.425 e. The van der Waals surface area contributed by atoms with Crippen LogP contribution in [-0.2, 0) is 47.7 Å². The van der Waals surface area contributed by atoms with Gasteiger partial charge in [0.25, 0.3) is 10.1 Å².